The third kappa shape index (κ3) is 6.65. The molecule has 0 radical (unpaired) electrons. The molecule has 0 amide bonds. The molecule has 0 aliphatic rings. The number of sulfonamides is 1. The molecule has 28 heavy (non-hydrogen) atoms. The SMILES string of the molecule is CCN(CCCNC(=NC)NCc1coc(-c2ccc(C)cc2)n1)S(C)(=O)=O. The lowest BCUT2D eigenvalue weighted by Gasteiger charge is -2.18. The van der Waals surface area contributed by atoms with Crippen LogP contribution in [0, 0.1) is 6.92 Å². The highest BCUT2D eigenvalue weighted by atomic mass is 32.2. The Balaban J connectivity index is 1.79. The van der Waals surface area contributed by atoms with Crippen LogP contribution < -0.4 is 10.6 Å². The monoisotopic (exact) mass is 407 g/mol. The van der Waals surface area contributed by atoms with Gasteiger partial charge in [-0.1, -0.05) is 24.6 Å². The number of aliphatic imine (C=N–C) groups is 1. The molecule has 0 spiro atoms. The maximum Gasteiger partial charge on any atom is 0.226 e. The van der Waals surface area contributed by atoms with Crippen molar-refractivity contribution in [3.05, 3.63) is 41.8 Å². The predicted octanol–water partition coefficient (Wildman–Crippen LogP) is 1.99. The average molecular weight is 408 g/mol. The summed E-state index contributed by atoms with van der Waals surface area (Å²) in [6, 6.07) is 8.00. The fourth-order valence-electron chi connectivity index (χ4n) is 2.63. The van der Waals surface area contributed by atoms with E-state index in [9.17, 15) is 8.42 Å². The van der Waals surface area contributed by atoms with Crippen molar-refractivity contribution in [2.75, 3.05) is 32.9 Å². The smallest absolute Gasteiger partial charge is 0.226 e. The highest BCUT2D eigenvalue weighted by molar-refractivity contribution is 7.88. The largest absolute Gasteiger partial charge is 0.444 e. The van der Waals surface area contributed by atoms with E-state index >= 15 is 0 Å². The van der Waals surface area contributed by atoms with E-state index in [1.165, 1.54) is 16.1 Å². The maximum absolute atomic E-state index is 11.6. The molecule has 2 aromatic rings. The second-order valence-electron chi connectivity index (χ2n) is 6.47. The number of rotatable bonds is 9. The molecular weight excluding hydrogens is 378 g/mol. The number of hydrogen-bond acceptors (Lipinski definition) is 5. The molecule has 0 unspecified atom stereocenters. The number of benzene rings is 1. The lowest BCUT2D eigenvalue weighted by Crippen LogP contribution is -2.39. The highest BCUT2D eigenvalue weighted by Gasteiger charge is 2.13. The van der Waals surface area contributed by atoms with Gasteiger partial charge in [0.25, 0.3) is 0 Å². The maximum atomic E-state index is 11.6. The number of nitrogens with one attached hydrogen (secondary N) is 2. The summed E-state index contributed by atoms with van der Waals surface area (Å²) in [7, 11) is -1.46. The lowest BCUT2D eigenvalue weighted by molar-refractivity contribution is 0.424. The molecule has 0 bridgehead atoms. The molecule has 1 heterocycles. The Bertz CT molecular complexity index is 875. The van der Waals surface area contributed by atoms with Crippen LogP contribution in [0.15, 0.2) is 39.9 Å². The topological polar surface area (TPSA) is 99.8 Å². The van der Waals surface area contributed by atoms with Crippen LogP contribution in [0.5, 0.6) is 0 Å². The molecule has 8 nitrogen and oxygen atoms in total. The first kappa shape index (κ1) is 21.9. The summed E-state index contributed by atoms with van der Waals surface area (Å²) in [4.78, 5) is 8.66. The molecule has 1 aromatic carbocycles. The minimum absolute atomic E-state index is 0.472. The van der Waals surface area contributed by atoms with Crippen LogP contribution in [-0.2, 0) is 16.6 Å². The van der Waals surface area contributed by atoms with Gasteiger partial charge in [0.1, 0.15) is 6.26 Å². The Labute approximate surface area is 167 Å². The third-order valence-corrected chi connectivity index (χ3v) is 5.59. The first-order chi connectivity index (χ1) is 13.3. The first-order valence-electron chi connectivity index (χ1n) is 9.24. The van der Waals surface area contributed by atoms with Gasteiger partial charge in [-0.3, -0.25) is 4.99 Å². The van der Waals surface area contributed by atoms with Crippen molar-refractivity contribution < 1.29 is 12.8 Å². The van der Waals surface area contributed by atoms with E-state index in [-0.39, 0.29) is 0 Å². The van der Waals surface area contributed by atoms with E-state index in [1.807, 2.05) is 38.1 Å². The van der Waals surface area contributed by atoms with Gasteiger partial charge in [0.2, 0.25) is 15.9 Å². The van der Waals surface area contributed by atoms with Crippen molar-refractivity contribution in [1.82, 2.24) is 19.9 Å². The summed E-state index contributed by atoms with van der Waals surface area (Å²) in [5, 5.41) is 6.35. The first-order valence-corrected chi connectivity index (χ1v) is 11.1. The van der Waals surface area contributed by atoms with Crippen LogP contribution in [-0.4, -0.2) is 56.6 Å². The number of guanidine groups is 1. The van der Waals surface area contributed by atoms with Crippen molar-refractivity contribution >= 4 is 16.0 Å². The Morgan fingerprint density at radius 1 is 1.25 bits per heavy atom. The fourth-order valence-corrected chi connectivity index (χ4v) is 3.56. The molecule has 0 atom stereocenters. The van der Waals surface area contributed by atoms with Crippen LogP contribution in [0.1, 0.15) is 24.6 Å². The number of hydrogen-bond donors (Lipinski definition) is 2. The second-order valence-corrected chi connectivity index (χ2v) is 8.45. The van der Waals surface area contributed by atoms with Gasteiger partial charge in [0.05, 0.1) is 18.5 Å². The van der Waals surface area contributed by atoms with E-state index in [0.717, 1.165) is 11.3 Å². The van der Waals surface area contributed by atoms with Crippen molar-refractivity contribution in [2.45, 2.75) is 26.8 Å². The van der Waals surface area contributed by atoms with Gasteiger partial charge in [0, 0.05) is 32.2 Å². The summed E-state index contributed by atoms with van der Waals surface area (Å²) < 4.78 is 30.2. The van der Waals surface area contributed by atoms with Crippen molar-refractivity contribution in [3.8, 4) is 11.5 Å². The number of aromatic nitrogens is 1. The highest BCUT2D eigenvalue weighted by Crippen LogP contribution is 2.18. The van der Waals surface area contributed by atoms with Gasteiger partial charge in [-0.2, -0.15) is 0 Å². The summed E-state index contributed by atoms with van der Waals surface area (Å²) in [6.07, 6.45) is 3.54. The van der Waals surface area contributed by atoms with Crippen LogP contribution in [0.4, 0.5) is 0 Å². The second kappa shape index (κ2) is 10.2. The van der Waals surface area contributed by atoms with E-state index in [1.54, 1.807) is 13.3 Å². The predicted molar refractivity (Wildman–Crippen MR) is 112 cm³/mol. The minimum atomic E-state index is -3.15. The summed E-state index contributed by atoms with van der Waals surface area (Å²) >= 11 is 0. The van der Waals surface area contributed by atoms with Gasteiger partial charge in [-0.15, -0.1) is 0 Å². The summed E-state index contributed by atoms with van der Waals surface area (Å²) in [5.41, 5.74) is 2.89. The summed E-state index contributed by atoms with van der Waals surface area (Å²) in [5.74, 6) is 1.21. The van der Waals surface area contributed by atoms with Gasteiger partial charge < -0.3 is 15.1 Å². The molecule has 0 fully saturated rings. The van der Waals surface area contributed by atoms with Crippen LogP contribution >= 0.6 is 0 Å². The van der Waals surface area contributed by atoms with Crippen LogP contribution in [0.3, 0.4) is 0 Å². The number of aryl methyl sites for hydroxylation is 1. The molecule has 0 saturated heterocycles. The molecule has 0 aliphatic heterocycles. The standard InChI is InChI=1S/C19H29N5O3S/c1-5-24(28(4,25)26)12-6-11-21-19(20-3)22-13-17-14-27-18(23-17)16-9-7-15(2)8-10-16/h7-10,14H,5-6,11-13H2,1-4H3,(H2,20,21,22). The zero-order valence-corrected chi connectivity index (χ0v) is 17.7. The third-order valence-electron chi connectivity index (χ3n) is 4.21. The van der Waals surface area contributed by atoms with Gasteiger partial charge in [-0.05, 0) is 25.5 Å². The molecule has 0 saturated carbocycles. The zero-order valence-electron chi connectivity index (χ0n) is 16.9. The normalized spacial score (nSPS) is 12.4. The van der Waals surface area contributed by atoms with E-state index < -0.39 is 10.0 Å². The van der Waals surface area contributed by atoms with Gasteiger partial charge in [0.15, 0.2) is 5.96 Å². The molecule has 2 N–H and O–H groups in total. The molecular formula is C19H29N5O3S. The Morgan fingerprint density at radius 3 is 2.57 bits per heavy atom. The van der Waals surface area contributed by atoms with E-state index in [2.05, 4.69) is 20.6 Å². The Kier molecular flexibility index (Phi) is 8.01. The molecule has 2 rings (SSSR count). The average Bonchev–Trinajstić information content (AvgIpc) is 3.12. The van der Waals surface area contributed by atoms with E-state index in [4.69, 9.17) is 4.42 Å². The molecule has 1 aromatic heterocycles. The Hall–Kier alpha value is -2.39. The lowest BCUT2D eigenvalue weighted by atomic mass is 10.1. The van der Waals surface area contributed by atoms with Crippen molar-refractivity contribution in [3.63, 3.8) is 0 Å². The fraction of sp³-hybridized carbons (Fsp3) is 0.474. The summed E-state index contributed by atoms with van der Waals surface area (Å²) in [6.45, 7) is 5.90. The van der Waals surface area contributed by atoms with Crippen molar-refractivity contribution in [1.29, 1.82) is 0 Å². The number of nitrogens with zero attached hydrogens (tertiary/aromatic N) is 3. The number of oxazole rings is 1. The molecule has 154 valence electrons. The molecule has 0 aliphatic carbocycles. The minimum Gasteiger partial charge on any atom is -0.444 e. The van der Waals surface area contributed by atoms with Gasteiger partial charge in [-0.25, -0.2) is 17.7 Å². The van der Waals surface area contributed by atoms with Crippen LogP contribution in [0.2, 0.25) is 0 Å². The quantitative estimate of drug-likeness (QED) is 0.375. The van der Waals surface area contributed by atoms with Gasteiger partial charge >= 0.3 is 0 Å². The van der Waals surface area contributed by atoms with Crippen molar-refractivity contribution in [2.24, 2.45) is 4.99 Å². The van der Waals surface area contributed by atoms with E-state index in [0.29, 0.717) is 44.5 Å². The Morgan fingerprint density at radius 2 is 1.96 bits per heavy atom. The van der Waals surface area contributed by atoms with Crippen LogP contribution in [0.25, 0.3) is 11.5 Å². The molecule has 9 heteroatoms. The zero-order chi connectivity index (χ0) is 20.6.